The fraction of sp³-hybridized carbons (Fsp3) is 0.367. The van der Waals surface area contributed by atoms with Gasteiger partial charge in [0, 0.05) is 17.1 Å². The van der Waals surface area contributed by atoms with Crippen LogP contribution in [-0.2, 0) is 16.1 Å². The molecule has 3 nitrogen and oxygen atoms in total. The summed E-state index contributed by atoms with van der Waals surface area (Å²) in [5.41, 5.74) is 6.74. The Bertz CT molecular complexity index is 973. The van der Waals surface area contributed by atoms with Crippen molar-refractivity contribution in [2.45, 2.75) is 54.6 Å². The first-order valence-electron chi connectivity index (χ1n) is 11.9. The second-order valence-corrected chi connectivity index (χ2v) is 9.76. The Morgan fingerprint density at radius 1 is 0.727 bits per heavy atom. The van der Waals surface area contributed by atoms with E-state index < -0.39 is 0 Å². The minimum atomic E-state index is -0.0938. The van der Waals surface area contributed by atoms with Crippen molar-refractivity contribution in [1.82, 2.24) is 0 Å². The van der Waals surface area contributed by atoms with Crippen LogP contribution in [0, 0.1) is 31.6 Å². The molecule has 0 heterocycles. The molecule has 0 aromatic heterocycles. The molecule has 0 spiro atoms. The summed E-state index contributed by atoms with van der Waals surface area (Å²) in [6.07, 6.45) is 0.859. The van der Waals surface area contributed by atoms with Gasteiger partial charge in [0.2, 0.25) is 0 Å². The highest BCUT2D eigenvalue weighted by molar-refractivity contribution is 5.77. The summed E-state index contributed by atoms with van der Waals surface area (Å²) in [5.74, 6) is 0.602. The summed E-state index contributed by atoms with van der Waals surface area (Å²) < 4.78 is 5.70. The average molecular weight is 444 g/mol. The minimum absolute atomic E-state index is 0.0529. The number of benzene rings is 3. The first-order valence-corrected chi connectivity index (χ1v) is 11.9. The van der Waals surface area contributed by atoms with Gasteiger partial charge in [-0.25, -0.2) is 0 Å². The Balaban J connectivity index is 1.78. The largest absolute Gasteiger partial charge is 0.461 e. The molecule has 174 valence electrons. The molecule has 0 radical (unpaired) electrons. The summed E-state index contributed by atoms with van der Waals surface area (Å²) in [6, 6.07) is 25.4. The predicted octanol–water partition coefficient (Wildman–Crippen LogP) is 8.13. The van der Waals surface area contributed by atoms with Crippen molar-refractivity contribution in [2.75, 3.05) is 4.90 Å². The van der Waals surface area contributed by atoms with Gasteiger partial charge in [0.25, 0.3) is 0 Å². The highest BCUT2D eigenvalue weighted by atomic mass is 16.5. The molecule has 3 aromatic rings. The third-order valence-corrected chi connectivity index (χ3v) is 5.99. The summed E-state index contributed by atoms with van der Waals surface area (Å²) in [6.45, 7) is 13.0. The van der Waals surface area contributed by atoms with Gasteiger partial charge in [-0.2, -0.15) is 0 Å². The van der Waals surface area contributed by atoms with E-state index in [9.17, 15) is 4.79 Å². The van der Waals surface area contributed by atoms with E-state index in [4.69, 9.17) is 4.74 Å². The number of hydrogen-bond donors (Lipinski definition) is 0. The van der Waals surface area contributed by atoms with Crippen LogP contribution in [0.25, 0.3) is 0 Å². The van der Waals surface area contributed by atoms with E-state index in [1.165, 1.54) is 11.1 Å². The summed E-state index contributed by atoms with van der Waals surface area (Å²) in [5, 5.41) is 0. The molecule has 3 rings (SSSR count). The van der Waals surface area contributed by atoms with E-state index in [-0.39, 0.29) is 17.8 Å². The Kier molecular flexibility index (Phi) is 8.32. The highest BCUT2D eigenvalue weighted by Crippen LogP contribution is 2.35. The van der Waals surface area contributed by atoms with E-state index in [0.29, 0.717) is 12.5 Å². The lowest BCUT2D eigenvalue weighted by Gasteiger charge is -2.26. The first-order chi connectivity index (χ1) is 15.7. The van der Waals surface area contributed by atoms with E-state index in [1.54, 1.807) is 0 Å². The van der Waals surface area contributed by atoms with Crippen LogP contribution in [-0.4, -0.2) is 5.97 Å². The number of carbonyl (C=O) groups excluding carboxylic acids is 1. The third kappa shape index (κ3) is 6.71. The molecule has 1 atom stereocenters. The molecular formula is C30H37NO2. The highest BCUT2D eigenvalue weighted by Gasteiger charge is 2.24. The SMILES string of the molecule is Cc1ccc(N(c2ccc(C)cc2)c2ccc(COC(=O)C(CC(C)C)C(C)C)cc2)cc1. The number of hydrogen-bond acceptors (Lipinski definition) is 3. The lowest BCUT2D eigenvalue weighted by Crippen LogP contribution is -2.24. The number of nitrogens with zero attached hydrogens (tertiary/aromatic N) is 1. The quantitative estimate of drug-likeness (QED) is 0.313. The number of esters is 1. The number of carbonyl (C=O) groups is 1. The van der Waals surface area contributed by atoms with Gasteiger partial charge >= 0.3 is 5.97 Å². The van der Waals surface area contributed by atoms with Crippen molar-refractivity contribution < 1.29 is 9.53 Å². The minimum Gasteiger partial charge on any atom is -0.461 e. The topological polar surface area (TPSA) is 29.5 Å². The standard InChI is InChI=1S/C30H37NO2/c1-21(2)19-29(22(3)4)30(32)33-20-25-11-17-28(18-12-25)31(26-13-7-23(5)8-14-26)27-15-9-24(6)10-16-27/h7-18,21-22,29H,19-20H2,1-6H3. The molecule has 1 unspecified atom stereocenters. The summed E-state index contributed by atoms with van der Waals surface area (Å²) >= 11 is 0. The maximum Gasteiger partial charge on any atom is 0.309 e. The second kappa shape index (κ2) is 11.2. The average Bonchev–Trinajstić information content (AvgIpc) is 2.79. The predicted molar refractivity (Wildman–Crippen MR) is 138 cm³/mol. The van der Waals surface area contributed by atoms with Gasteiger partial charge in [0.1, 0.15) is 6.61 Å². The van der Waals surface area contributed by atoms with Gasteiger partial charge in [-0.05, 0) is 74.1 Å². The molecule has 0 N–H and O–H groups in total. The molecule has 0 aliphatic rings. The molecular weight excluding hydrogens is 406 g/mol. The van der Waals surface area contributed by atoms with E-state index >= 15 is 0 Å². The van der Waals surface area contributed by atoms with E-state index in [2.05, 4.69) is 107 Å². The van der Waals surface area contributed by atoms with Gasteiger partial charge in [-0.3, -0.25) is 4.79 Å². The second-order valence-electron chi connectivity index (χ2n) is 9.76. The van der Waals surface area contributed by atoms with Gasteiger partial charge in [-0.15, -0.1) is 0 Å². The first kappa shape index (κ1) is 24.6. The molecule has 0 aliphatic heterocycles. The van der Waals surface area contributed by atoms with Crippen LogP contribution < -0.4 is 4.90 Å². The monoisotopic (exact) mass is 443 g/mol. The molecule has 0 bridgehead atoms. The Hall–Kier alpha value is -3.07. The van der Waals surface area contributed by atoms with Gasteiger partial charge in [-0.1, -0.05) is 75.2 Å². The summed E-state index contributed by atoms with van der Waals surface area (Å²) in [4.78, 5) is 14.9. The molecule has 33 heavy (non-hydrogen) atoms. The zero-order valence-corrected chi connectivity index (χ0v) is 20.8. The van der Waals surface area contributed by atoms with E-state index in [0.717, 1.165) is 29.0 Å². The fourth-order valence-corrected chi connectivity index (χ4v) is 3.99. The van der Waals surface area contributed by atoms with Crippen LogP contribution in [0.1, 0.15) is 50.8 Å². The van der Waals surface area contributed by atoms with Crippen LogP contribution >= 0.6 is 0 Å². The van der Waals surface area contributed by atoms with Crippen molar-refractivity contribution in [3.05, 3.63) is 89.5 Å². The van der Waals surface area contributed by atoms with Crippen molar-refractivity contribution in [2.24, 2.45) is 17.8 Å². The smallest absolute Gasteiger partial charge is 0.309 e. The van der Waals surface area contributed by atoms with Crippen LogP contribution in [0.4, 0.5) is 17.1 Å². The van der Waals surface area contributed by atoms with E-state index in [1.807, 2.05) is 12.1 Å². The van der Waals surface area contributed by atoms with Gasteiger partial charge in [0.05, 0.1) is 5.92 Å². The van der Waals surface area contributed by atoms with Crippen LogP contribution in [0.15, 0.2) is 72.8 Å². The maximum atomic E-state index is 12.7. The van der Waals surface area contributed by atoms with Gasteiger partial charge in [0.15, 0.2) is 0 Å². The van der Waals surface area contributed by atoms with Crippen molar-refractivity contribution >= 4 is 23.0 Å². The lowest BCUT2D eigenvalue weighted by atomic mass is 9.88. The zero-order valence-electron chi connectivity index (χ0n) is 20.8. The number of rotatable bonds is 9. The Morgan fingerprint density at radius 2 is 1.15 bits per heavy atom. The molecule has 0 aliphatic carbocycles. The molecule has 3 heteroatoms. The number of aryl methyl sites for hydroxylation is 2. The number of anilines is 3. The fourth-order valence-electron chi connectivity index (χ4n) is 3.99. The zero-order chi connectivity index (χ0) is 24.0. The van der Waals surface area contributed by atoms with Crippen molar-refractivity contribution in [1.29, 1.82) is 0 Å². The van der Waals surface area contributed by atoms with Crippen LogP contribution in [0.5, 0.6) is 0 Å². The van der Waals surface area contributed by atoms with Crippen molar-refractivity contribution in [3.63, 3.8) is 0 Å². The third-order valence-electron chi connectivity index (χ3n) is 5.99. The lowest BCUT2D eigenvalue weighted by molar-refractivity contribution is -0.152. The molecule has 3 aromatic carbocycles. The molecule has 0 saturated heterocycles. The van der Waals surface area contributed by atoms with Crippen molar-refractivity contribution in [3.8, 4) is 0 Å². The molecule has 0 saturated carbocycles. The Labute approximate surface area is 199 Å². The van der Waals surface area contributed by atoms with Gasteiger partial charge < -0.3 is 9.64 Å². The number of ether oxygens (including phenoxy) is 1. The molecule has 0 amide bonds. The Morgan fingerprint density at radius 3 is 1.55 bits per heavy atom. The van der Waals surface area contributed by atoms with Crippen LogP contribution in [0.2, 0.25) is 0 Å². The maximum absolute atomic E-state index is 12.7. The molecule has 0 fully saturated rings. The normalized spacial score (nSPS) is 12.1. The summed E-state index contributed by atoms with van der Waals surface area (Å²) in [7, 11) is 0. The van der Waals surface area contributed by atoms with Crippen LogP contribution in [0.3, 0.4) is 0 Å².